The van der Waals surface area contributed by atoms with Crippen LogP contribution in [0.1, 0.15) is 24.2 Å². The molecule has 2 atom stereocenters. The Hall–Kier alpha value is -0.540. The molecule has 1 aromatic rings. The topological polar surface area (TPSA) is 20.3 Å². The van der Waals surface area contributed by atoms with E-state index in [9.17, 15) is 4.79 Å². The molecule has 1 amide bonds. The maximum Gasteiger partial charge on any atom is 0.255 e. The average Bonchev–Trinajstić information content (AvgIpc) is 2.62. The molecule has 0 N–H and O–H groups in total. The molecule has 0 aromatic heterocycles. The van der Waals surface area contributed by atoms with Gasteiger partial charge in [0.25, 0.3) is 5.91 Å². The summed E-state index contributed by atoms with van der Waals surface area (Å²) in [6.45, 7) is 6.04. The van der Waals surface area contributed by atoms with Crippen LogP contribution in [0.3, 0.4) is 0 Å². The highest BCUT2D eigenvalue weighted by Gasteiger charge is 2.30. The predicted molar refractivity (Wildman–Crippen MR) is 73.4 cm³/mol. The van der Waals surface area contributed by atoms with E-state index in [-0.39, 0.29) is 5.91 Å². The summed E-state index contributed by atoms with van der Waals surface area (Å²) < 4.78 is 0.805. The van der Waals surface area contributed by atoms with Crippen LogP contribution < -0.4 is 0 Å². The van der Waals surface area contributed by atoms with Crippen molar-refractivity contribution in [1.82, 2.24) is 4.90 Å². The summed E-state index contributed by atoms with van der Waals surface area (Å²) in [5.41, 5.74) is 0.652. The Bertz CT molecular complexity index is 439. The zero-order valence-corrected chi connectivity index (χ0v) is 12.3. The Kier molecular flexibility index (Phi) is 3.79. The van der Waals surface area contributed by atoms with Crippen molar-refractivity contribution in [2.45, 2.75) is 13.8 Å². The number of carbonyl (C=O) groups is 1. The summed E-state index contributed by atoms with van der Waals surface area (Å²) in [6, 6.07) is 5.32. The molecule has 92 valence electrons. The number of likely N-dealkylation sites (tertiary alicyclic amines) is 1. The summed E-state index contributed by atoms with van der Waals surface area (Å²) in [7, 11) is 0. The van der Waals surface area contributed by atoms with E-state index < -0.39 is 0 Å². The molecule has 1 aliphatic heterocycles. The van der Waals surface area contributed by atoms with Crippen LogP contribution >= 0.6 is 27.5 Å². The first-order valence-electron chi connectivity index (χ1n) is 5.73. The second-order valence-electron chi connectivity index (χ2n) is 4.79. The molecule has 0 aliphatic carbocycles. The quantitative estimate of drug-likeness (QED) is 0.771. The first kappa shape index (κ1) is 12.9. The fourth-order valence-corrected chi connectivity index (χ4v) is 2.72. The van der Waals surface area contributed by atoms with Gasteiger partial charge in [0, 0.05) is 22.6 Å². The molecule has 1 saturated heterocycles. The van der Waals surface area contributed by atoms with Crippen LogP contribution in [0.2, 0.25) is 5.02 Å². The van der Waals surface area contributed by atoms with Crippen LogP contribution in [0.25, 0.3) is 0 Å². The maximum absolute atomic E-state index is 12.3. The monoisotopic (exact) mass is 315 g/mol. The average molecular weight is 317 g/mol. The zero-order valence-electron chi connectivity index (χ0n) is 9.91. The zero-order chi connectivity index (χ0) is 12.6. The minimum atomic E-state index is 0.0653. The van der Waals surface area contributed by atoms with Gasteiger partial charge in [-0.3, -0.25) is 4.79 Å². The summed E-state index contributed by atoms with van der Waals surface area (Å²) >= 11 is 9.34. The van der Waals surface area contributed by atoms with Gasteiger partial charge in [0.05, 0.1) is 5.56 Å². The molecule has 1 aromatic carbocycles. The minimum Gasteiger partial charge on any atom is -0.338 e. The first-order chi connectivity index (χ1) is 7.99. The first-order valence-corrected chi connectivity index (χ1v) is 6.90. The van der Waals surface area contributed by atoms with E-state index in [1.54, 1.807) is 12.1 Å². The molecule has 0 saturated carbocycles. The number of hydrogen-bond acceptors (Lipinski definition) is 1. The number of nitrogens with zero attached hydrogens (tertiary/aromatic N) is 1. The highest BCUT2D eigenvalue weighted by Crippen LogP contribution is 2.27. The van der Waals surface area contributed by atoms with E-state index >= 15 is 0 Å². The third-order valence-corrected chi connectivity index (χ3v) is 4.36. The van der Waals surface area contributed by atoms with Gasteiger partial charge in [0.15, 0.2) is 0 Å². The molecule has 0 spiro atoms. The second-order valence-corrected chi connectivity index (χ2v) is 6.08. The fraction of sp³-hybridized carbons (Fsp3) is 0.462. The molecule has 2 nitrogen and oxygen atoms in total. The minimum absolute atomic E-state index is 0.0653. The lowest BCUT2D eigenvalue weighted by molar-refractivity contribution is 0.0784. The molecule has 2 unspecified atom stereocenters. The lowest BCUT2D eigenvalue weighted by atomic mass is 10.0. The molecular formula is C13H15BrClNO. The lowest BCUT2D eigenvalue weighted by Crippen LogP contribution is -2.29. The van der Waals surface area contributed by atoms with Gasteiger partial charge in [-0.05, 0) is 46.0 Å². The number of benzene rings is 1. The van der Waals surface area contributed by atoms with E-state index in [0.717, 1.165) is 17.6 Å². The molecule has 1 aliphatic rings. The van der Waals surface area contributed by atoms with Crippen LogP contribution in [0.4, 0.5) is 0 Å². The predicted octanol–water partition coefficient (Wildman–Crippen LogP) is 3.83. The van der Waals surface area contributed by atoms with Crippen LogP contribution in [-0.4, -0.2) is 23.9 Å². The Morgan fingerprint density at radius 1 is 1.35 bits per heavy atom. The van der Waals surface area contributed by atoms with Gasteiger partial charge in [-0.25, -0.2) is 0 Å². The van der Waals surface area contributed by atoms with E-state index in [4.69, 9.17) is 11.6 Å². The van der Waals surface area contributed by atoms with Gasteiger partial charge in [0.2, 0.25) is 0 Å². The highest BCUT2D eigenvalue weighted by atomic mass is 79.9. The number of amides is 1. The van der Waals surface area contributed by atoms with Crippen molar-refractivity contribution >= 4 is 33.4 Å². The van der Waals surface area contributed by atoms with E-state index in [2.05, 4.69) is 29.8 Å². The smallest absolute Gasteiger partial charge is 0.255 e. The van der Waals surface area contributed by atoms with E-state index in [1.165, 1.54) is 0 Å². The number of carbonyl (C=O) groups excluding carboxylic acids is 1. The van der Waals surface area contributed by atoms with Gasteiger partial charge in [-0.15, -0.1) is 0 Å². The summed E-state index contributed by atoms with van der Waals surface area (Å²) in [6.07, 6.45) is 0. The van der Waals surface area contributed by atoms with Crippen molar-refractivity contribution < 1.29 is 4.79 Å². The molecule has 1 fully saturated rings. The molecule has 1 heterocycles. The normalized spacial score (nSPS) is 24.1. The summed E-state index contributed by atoms with van der Waals surface area (Å²) in [4.78, 5) is 14.3. The number of hydrogen-bond donors (Lipinski definition) is 0. The molecule has 4 heteroatoms. The van der Waals surface area contributed by atoms with Crippen molar-refractivity contribution in [1.29, 1.82) is 0 Å². The van der Waals surface area contributed by atoms with Crippen LogP contribution in [0.5, 0.6) is 0 Å². The van der Waals surface area contributed by atoms with Crippen LogP contribution in [0, 0.1) is 11.8 Å². The van der Waals surface area contributed by atoms with Crippen molar-refractivity contribution in [3.05, 3.63) is 33.3 Å². The number of halogens is 2. The SMILES string of the molecule is CC1CN(C(=O)c2cc(Cl)ccc2Br)CC1C. The Labute approximate surface area is 115 Å². The van der Waals surface area contributed by atoms with E-state index in [0.29, 0.717) is 22.4 Å². The Morgan fingerprint density at radius 3 is 2.53 bits per heavy atom. The second kappa shape index (κ2) is 4.99. The standard InChI is InChI=1S/C13H15BrClNO/c1-8-6-16(7-9(8)2)13(17)11-5-10(15)3-4-12(11)14/h3-5,8-9H,6-7H2,1-2H3. The maximum atomic E-state index is 12.3. The highest BCUT2D eigenvalue weighted by molar-refractivity contribution is 9.10. The van der Waals surface area contributed by atoms with Gasteiger partial charge in [0.1, 0.15) is 0 Å². The van der Waals surface area contributed by atoms with Crippen LogP contribution in [-0.2, 0) is 0 Å². The fourth-order valence-electron chi connectivity index (χ4n) is 2.13. The van der Waals surface area contributed by atoms with Crippen LogP contribution in [0.15, 0.2) is 22.7 Å². The molecular weight excluding hydrogens is 302 g/mol. The van der Waals surface area contributed by atoms with Crippen molar-refractivity contribution in [2.75, 3.05) is 13.1 Å². The van der Waals surface area contributed by atoms with E-state index in [1.807, 2.05) is 11.0 Å². The lowest BCUT2D eigenvalue weighted by Gasteiger charge is -2.17. The molecule has 0 bridgehead atoms. The summed E-state index contributed by atoms with van der Waals surface area (Å²) in [5.74, 6) is 1.20. The van der Waals surface area contributed by atoms with Crippen molar-refractivity contribution in [2.24, 2.45) is 11.8 Å². The Morgan fingerprint density at radius 2 is 1.94 bits per heavy atom. The summed E-state index contributed by atoms with van der Waals surface area (Å²) in [5, 5.41) is 0.594. The third kappa shape index (κ3) is 2.66. The molecule has 17 heavy (non-hydrogen) atoms. The largest absolute Gasteiger partial charge is 0.338 e. The molecule has 0 radical (unpaired) electrons. The molecule has 2 rings (SSSR count). The van der Waals surface area contributed by atoms with Gasteiger partial charge >= 0.3 is 0 Å². The van der Waals surface area contributed by atoms with Gasteiger partial charge in [-0.2, -0.15) is 0 Å². The van der Waals surface area contributed by atoms with Crippen molar-refractivity contribution in [3.63, 3.8) is 0 Å². The van der Waals surface area contributed by atoms with Crippen molar-refractivity contribution in [3.8, 4) is 0 Å². The Balaban J connectivity index is 2.23. The third-order valence-electron chi connectivity index (χ3n) is 3.43. The number of rotatable bonds is 1. The van der Waals surface area contributed by atoms with Gasteiger partial charge < -0.3 is 4.90 Å². The van der Waals surface area contributed by atoms with Gasteiger partial charge in [-0.1, -0.05) is 25.4 Å².